The molecule has 2 aliphatic rings. The van der Waals surface area contributed by atoms with Crippen molar-refractivity contribution in [1.82, 2.24) is 10.2 Å². The summed E-state index contributed by atoms with van der Waals surface area (Å²) in [7, 11) is 2.04. The van der Waals surface area contributed by atoms with Gasteiger partial charge in [-0.15, -0.1) is 0 Å². The molecule has 2 aliphatic heterocycles. The van der Waals surface area contributed by atoms with Crippen molar-refractivity contribution in [3.05, 3.63) is 0 Å². The minimum atomic E-state index is 0.0850. The third-order valence-corrected chi connectivity index (χ3v) is 3.46. The van der Waals surface area contributed by atoms with Gasteiger partial charge in [0.25, 0.3) is 0 Å². The monoisotopic (exact) mass is 212 g/mol. The number of carbonyl (C=O) groups excluding carboxylic acids is 1. The van der Waals surface area contributed by atoms with Crippen LogP contribution in [0.3, 0.4) is 0 Å². The van der Waals surface area contributed by atoms with E-state index in [2.05, 4.69) is 10.2 Å². The predicted octanol–water partition coefficient (Wildman–Crippen LogP) is -0.114. The summed E-state index contributed by atoms with van der Waals surface area (Å²) >= 11 is 0. The van der Waals surface area contributed by atoms with Crippen molar-refractivity contribution >= 4 is 5.78 Å². The molecule has 4 nitrogen and oxygen atoms in total. The topological polar surface area (TPSA) is 41.6 Å². The highest BCUT2D eigenvalue weighted by Crippen LogP contribution is 2.19. The van der Waals surface area contributed by atoms with Crippen LogP contribution in [0.2, 0.25) is 0 Å². The molecule has 4 heteroatoms. The molecule has 2 saturated heterocycles. The van der Waals surface area contributed by atoms with Gasteiger partial charge in [0, 0.05) is 38.8 Å². The molecule has 0 radical (unpaired) electrons. The number of ether oxygens (including phenoxy) is 1. The van der Waals surface area contributed by atoms with Gasteiger partial charge in [-0.1, -0.05) is 0 Å². The van der Waals surface area contributed by atoms with E-state index in [1.54, 1.807) is 0 Å². The van der Waals surface area contributed by atoms with Crippen molar-refractivity contribution in [1.29, 1.82) is 0 Å². The highest BCUT2D eigenvalue weighted by Gasteiger charge is 2.32. The van der Waals surface area contributed by atoms with Crippen molar-refractivity contribution in [2.75, 3.05) is 39.9 Å². The second-order valence-electron chi connectivity index (χ2n) is 4.49. The molecule has 0 aromatic heterocycles. The van der Waals surface area contributed by atoms with E-state index in [1.807, 2.05) is 7.05 Å². The van der Waals surface area contributed by atoms with Crippen LogP contribution in [0.15, 0.2) is 0 Å². The zero-order valence-electron chi connectivity index (χ0n) is 9.37. The van der Waals surface area contributed by atoms with Gasteiger partial charge in [-0.25, -0.2) is 0 Å². The lowest BCUT2D eigenvalue weighted by Gasteiger charge is -2.35. The molecule has 0 aliphatic carbocycles. The van der Waals surface area contributed by atoms with Gasteiger partial charge in [-0.3, -0.25) is 9.69 Å². The van der Waals surface area contributed by atoms with Crippen molar-refractivity contribution in [2.45, 2.75) is 18.9 Å². The summed E-state index contributed by atoms with van der Waals surface area (Å²) in [6.07, 6.45) is 1.81. The maximum atomic E-state index is 12.2. The average Bonchev–Trinajstić information content (AvgIpc) is 2.30. The van der Waals surface area contributed by atoms with Gasteiger partial charge in [0.1, 0.15) is 0 Å². The number of hydrogen-bond acceptors (Lipinski definition) is 4. The van der Waals surface area contributed by atoms with Crippen LogP contribution in [0.25, 0.3) is 0 Å². The Morgan fingerprint density at radius 1 is 1.40 bits per heavy atom. The minimum Gasteiger partial charge on any atom is -0.381 e. The van der Waals surface area contributed by atoms with Crippen molar-refractivity contribution < 1.29 is 9.53 Å². The summed E-state index contributed by atoms with van der Waals surface area (Å²) in [6, 6.07) is 0.0850. The first-order valence-electron chi connectivity index (χ1n) is 5.81. The smallest absolute Gasteiger partial charge is 0.154 e. The Labute approximate surface area is 91.0 Å². The van der Waals surface area contributed by atoms with E-state index in [9.17, 15) is 4.79 Å². The van der Waals surface area contributed by atoms with Crippen molar-refractivity contribution in [3.63, 3.8) is 0 Å². The zero-order valence-corrected chi connectivity index (χ0v) is 9.37. The lowest BCUT2D eigenvalue weighted by molar-refractivity contribution is -0.131. The maximum absolute atomic E-state index is 12.2. The normalized spacial score (nSPS) is 30.3. The predicted molar refractivity (Wildman–Crippen MR) is 57.8 cm³/mol. The quantitative estimate of drug-likeness (QED) is 0.693. The highest BCUT2D eigenvalue weighted by atomic mass is 16.5. The molecule has 0 spiro atoms. The molecule has 0 amide bonds. The summed E-state index contributed by atoms with van der Waals surface area (Å²) in [5.74, 6) is 0.638. The largest absolute Gasteiger partial charge is 0.381 e. The number of nitrogens with zero attached hydrogens (tertiary/aromatic N) is 1. The van der Waals surface area contributed by atoms with E-state index < -0.39 is 0 Å². The molecule has 1 N–H and O–H groups in total. The number of Topliss-reactive ketones (excluding diaryl/α,β-unsaturated/α-hetero) is 1. The molecular formula is C11H20N2O2. The molecule has 15 heavy (non-hydrogen) atoms. The van der Waals surface area contributed by atoms with Crippen LogP contribution in [0, 0.1) is 5.92 Å². The van der Waals surface area contributed by atoms with Crippen LogP contribution in [0.5, 0.6) is 0 Å². The molecule has 2 heterocycles. The van der Waals surface area contributed by atoms with Crippen LogP contribution in [0.1, 0.15) is 12.8 Å². The summed E-state index contributed by atoms with van der Waals surface area (Å²) in [5, 5.41) is 3.29. The molecule has 1 atom stereocenters. The molecule has 0 bridgehead atoms. The molecule has 2 fully saturated rings. The fourth-order valence-electron chi connectivity index (χ4n) is 2.38. The highest BCUT2D eigenvalue weighted by molar-refractivity contribution is 5.86. The molecule has 0 aromatic carbocycles. The van der Waals surface area contributed by atoms with Gasteiger partial charge in [-0.2, -0.15) is 0 Å². The van der Waals surface area contributed by atoms with Gasteiger partial charge >= 0.3 is 0 Å². The molecule has 2 rings (SSSR count). The first-order chi connectivity index (χ1) is 7.29. The van der Waals surface area contributed by atoms with Crippen LogP contribution < -0.4 is 5.32 Å². The number of ketones is 1. The minimum absolute atomic E-state index is 0.0850. The first kappa shape index (κ1) is 11.0. The summed E-state index contributed by atoms with van der Waals surface area (Å²) in [6.45, 7) is 4.28. The fraction of sp³-hybridized carbons (Fsp3) is 0.909. The van der Waals surface area contributed by atoms with Crippen molar-refractivity contribution in [3.8, 4) is 0 Å². The van der Waals surface area contributed by atoms with E-state index in [-0.39, 0.29) is 12.0 Å². The van der Waals surface area contributed by atoms with E-state index >= 15 is 0 Å². The number of rotatable bonds is 2. The Kier molecular flexibility index (Phi) is 3.72. The summed E-state index contributed by atoms with van der Waals surface area (Å²) in [4.78, 5) is 14.4. The van der Waals surface area contributed by atoms with E-state index in [0.717, 1.165) is 45.7 Å². The Bertz CT molecular complexity index is 227. The van der Waals surface area contributed by atoms with E-state index in [0.29, 0.717) is 5.78 Å². The Morgan fingerprint density at radius 3 is 2.80 bits per heavy atom. The summed E-state index contributed by atoms with van der Waals surface area (Å²) in [5.41, 5.74) is 0. The second kappa shape index (κ2) is 5.05. The third-order valence-electron chi connectivity index (χ3n) is 3.46. The second-order valence-corrected chi connectivity index (χ2v) is 4.49. The molecule has 86 valence electrons. The van der Waals surface area contributed by atoms with Gasteiger partial charge in [0.15, 0.2) is 5.78 Å². The van der Waals surface area contributed by atoms with E-state index in [1.165, 1.54) is 0 Å². The van der Waals surface area contributed by atoms with Gasteiger partial charge in [0.2, 0.25) is 0 Å². The van der Waals surface area contributed by atoms with Gasteiger partial charge in [-0.05, 0) is 19.9 Å². The lowest BCUT2D eigenvalue weighted by atomic mass is 9.90. The first-order valence-corrected chi connectivity index (χ1v) is 5.81. The number of hydrogen-bond donors (Lipinski definition) is 1. The summed E-state index contributed by atoms with van der Waals surface area (Å²) < 4.78 is 5.28. The maximum Gasteiger partial charge on any atom is 0.154 e. The molecule has 0 saturated carbocycles. The Hall–Kier alpha value is -0.450. The van der Waals surface area contributed by atoms with Crippen LogP contribution in [-0.4, -0.2) is 56.6 Å². The van der Waals surface area contributed by atoms with Gasteiger partial charge in [0.05, 0.1) is 6.04 Å². The lowest BCUT2D eigenvalue weighted by Crippen LogP contribution is -2.54. The average molecular weight is 212 g/mol. The van der Waals surface area contributed by atoms with Crippen LogP contribution in [0.4, 0.5) is 0 Å². The third kappa shape index (κ3) is 2.56. The molecule has 1 unspecified atom stereocenters. The Morgan fingerprint density at radius 2 is 2.13 bits per heavy atom. The number of likely N-dealkylation sites (N-methyl/N-ethyl adjacent to an activating group) is 1. The molecule has 0 aromatic rings. The van der Waals surface area contributed by atoms with Crippen LogP contribution in [-0.2, 0) is 9.53 Å². The zero-order chi connectivity index (χ0) is 10.7. The van der Waals surface area contributed by atoms with E-state index in [4.69, 9.17) is 4.74 Å². The van der Waals surface area contributed by atoms with Gasteiger partial charge < -0.3 is 10.1 Å². The number of carbonyl (C=O) groups is 1. The standard InChI is InChI=1S/C11H20N2O2/c1-13-5-4-12-8-10(13)11(14)9-2-6-15-7-3-9/h9-10,12H,2-8H2,1H3. The van der Waals surface area contributed by atoms with Crippen LogP contribution >= 0.6 is 0 Å². The molecular weight excluding hydrogens is 192 g/mol. The fourth-order valence-corrected chi connectivity index (χ4v) is 2.38. The van der Waals surface area contributed by atoms with Crippen molar-refractivity contribution in [2.24, 2.45) is 5.92 Å². The number of nitrogens with one attached hydrogen (secondary N) is 1. The SMILES string of the molecule is CN1CCNCC1C(=O)C1CCOCC1. The number of piperazine rings is 1. The Balaban J connectivity index is 1.92.